The molecule has 4 nitrogen and oxygen atoms in total. The van der Waals surface area contributed by atoms with Crippen molar-refractivity contribution in [2.24, 2.45) is 0 Å². The Kier molecular flexibility index (Phi) is 4.79. The first-order valence-corrected chi connectivity index (χ1v) is 11.0. The molecule has 1 aliphatic rings. The van der Waals surface area contributed by atoms with E-state index in [0.29, 0.717) is 5.56 Å². The minimum absolute atomic E-state index is 0.559. The zero-order valence-corrected chi connectivity index (χ0v) is 18.2. The van der Waals surface area contributed by atoms with Gasteiger partial charge in [-0.2, -0.15) is 5.26 Å². The SMILES string of the molecule is N#Cc1cnccc1-c1cccc(-c2ccccc2N2c3ccccc3Oc3ccccc32)c1. The van der Waals surface area contributed by atoms with E-state index in [4.69, 9.17) is 4.74 Å². The highest BCUT2D eigenvalue weighted by Gasteiger charge is 2.27. The molecule has 0 amide bonds. The number of ether oxygens (including phenoxy) is 1. The lowest BCUT2D eigenvalue weighted by molar-refractivity contribution is 0.477. The van der Waals surface area contributed by atoms with Crippen molar-refractivity contribution in [1.29, 1.82) is 5.26 Å². The first-order valence-electron chi connectivity index (χ1n) is 11.0. The Morgan fingerprint density at radius 3 is 1.97 bits per heavy atom. The number of rotatable bonds is 3. The number of para-hydroxylation sites is 5. The Balaban J connectivity index is 1.54. The molecule has 6 rings (SSSR count). The summed E-state index contributed by atoms with van der Waals surface area (Å²) in [5.41, 5.74) is 7.60. The Labute approximate surface area is 198 Å². The highest BCUT2D eigenvalue weighted by molar-refractivity contribution is 5.93. The van der Waals surface area contributed by atoms with E-state index >= 15 is 0 Å². The maximum absolute atomic E-state index is 9.56. The topological polar surface area (TPSA) is 49.2 Å². The van der Waals surface area contributed by atoms with E-state index in [2.05, 4.69) is 64.5 Å². The number of nitrogens with zero attached hydrogens (tertiary/aromatic N) is 3. The lowest BCUT2D eigenvalue weighted by Crippen LogP contribution is -2.16. The van der Waals surface area contributed by atoms with E-state index in [0.717, 1.165) is 50.8 Å². The maximum atomic E-state index is 9.56. The van der Waals surface area contributed by atoms with Gasteiger partial charge in [0.25, 0.3) is 0 Å². The molecule has 1 aromatic heterocycles. The van der Waals surface area contributed by atoms with Gasteiger partial charge in [-0.05, 0) is 53.6 Å². The van der Waals surface area contributed by atoms with E-state index in [9.17, 15) is 5.26 Å². The molecule has 4 aromatic carbocycles. The van der Waals surface area contributed by atoms with Crippen molar-refractivity contribution in [3.63, 3.8) is 0 Å². The molecule has 5 aromatic rings. The van der Waals surface area contributed by atoms with Crippen molar-refractivity contribution in [2.45, 2.75) is 0 Å². The van der Waals surface area contributed by atoms with Gasteiger partial charge < -0.3 is 9.64 Å². The zero-order valence-electron chi connectivity index (χ0n) is 18.2. The molecule has 4 heteroatoms. The van der Waals surface area contributed by atoms with Gasteiger partial charge in [-0.3, -0.25) is 4.98 Å². The average molecular weight is 438 g/mol. The highest BCUT2D eigenvalue weighted by Crippen LogP contribution is 2.52. The minimum Gasteiger partial charge on any atom is -0.453 e. The largest absolute Gasteiger partial charge is 0.453 e. The number of fused-ring (bicyclic) bond motifs is 2. The van der Waals surface area contributed by atoms with Gasteiger partial charge in [0.15, 0.2) is 11.5 Å². The van der Waals surface area contributed by atoms with Crippen LogP contribution in [0.3, 0.4) is 0 Å². The van der Waals surface area contributed by atoms with Crippen molar-refractivity contribution < 1.29 is 4.74 Å². The van der Waals surface area contributed by atoms with Gasteiger partial charge in [0.2, 0.25) is 0 Å². The van der Waals surface area contributed by atoms with Crippen LogP contribution in [0, 0.1) is 11.3 Å². The third-order valence-electron chi connectivity index (χ3n) is 6.00. The number of hydrogen-bond acceptors (Lipinski definition) is 4. The van der Waals surface area contributed by atoms with E-state index in [1.807, 2.05) is 54.6 Å². The fourth-order valence-corrected chi connectivity index (χ4v) is 4.47. The molecule has 0 saturated heterocycles. The molecule has 0 saturated carbocycles. The molecule has 1 aliphatic heterocycles. The van der Waals surface area contributed by atoms with Crippen LogP contribution in [0.25, 0.3) is 22.3 Å². The minimum atomic E-state index is 0.559. The molecule has 0 unspecified atom stereocenters. The van der Waals surface area contributed by atoms with Crippen LogP contribution in [-0.4, -0.2) is 4.98 Å². The second-order valence-corrected chi connectivity index (χ2v) is 8.00. The summed E-state index contributed by atoms with van der Waals surface area (Å²) in [5.74, 6) is 1.64. The first-order chi connectivity index (χ1) is 16.8. The van der Waals surface area contributed by atoms with E-state index in [-0.39, 0.29) is 0 Å². The molecule has 0 radical (unpaired) electrons. The van der Waals surface area contributed by atoms with Crippen molar-refractivity contribution in [2.75, 3.05) is 4.90 Å². The Morgan fingerprint density at radius 2 is 1.26 bits per heavy atom. The summed E-state index contributed by atoms with van der Waals surface area (Å²) in [6.45, 7) is 0. The van der Waals surface area contributed by atoms with E-state index in [1.54, 1.807) is 12.4 Å². The summed E-state index contributed by atoms with van der Waals surface area (Å²) in [6, 6.07) is 37.0. The fourth-order valence-electron chi connectivity index (χ4n) is 4.47. The van der Waals surface area contributed by atoms with Crippen LogP contribution < -0.4 is 9.64 Å². The van der Waals surface area contributed by atoms with Crippen LogP contribution in [0.4, 0.5) is 17.1 Å². The molecular weight excluding hydrogens is 418 g/mol. The number of nitriles is 1. The standard InChI is InChI=1S/C30H19N3O/c31-19-23-20-32-17-16-24(23)21-8-7-9-22(18-21)25-10-1-2-11-26(25)33-27-12-3-5-14-29(27)34-30-15-6-4-13-28(30)33/h1-18,20H. The molecule has 160 valence electrons. The first kappa shape index (κ1) is 19.8. The Morgan fingerprint density at radius 1 is 0.647 bits per heavy atom. The third-order valence-corrected chi connectivity index (χ3v) is 6.00. The smallest absolute Gasteiger partial charge is 0.151 e. The molecule has 0 aliphatic carbocycles. The summed E-state index contributed by atoms with van der Waals surface area (Å²) < 4.78 is 6.20. The molecule has 2 heterocycles. The summed E-state index contributed by atoms with van der Waals surface area (Å²) >= 11 is 0. The van der Waals surface area contributed by atoms with Crippen molar-refractivity contribution >= 4 is 17.1 Å². The molecular formula is C30H19N3O. The highest BCUT2D eigenvalue weighted by atomic mass is 16.5. The number of anilines is 3. The average Bonchev–Trinajstić information content (AvgIpc) is 2.92. The van der Waals surface area contributed by atoms with Gasteiger partial charge in [0.05, 0.1) is 22.6 Å². The number of aromatic nitrogens is 1. The fraction of sp³-hybridized carbons (Fsp3) is 0. The normalized spacial score (nSPS) is 11.7. The molecule has 34 heavy (non-hydrogen) atoms. The molecule has 0 N–H and O–H groups in total. The van der Waals surface area contributed by atoms with Gasteiger partial charge in [-0.15, -0.1) is 0 Å². The van der Waals surface area contributed by atoms with Gasteiger partial charge in [0.1, 0.15) is 6.07 Å². The summed E-state index contributed by atoms with van der Waals surface area (Å²) in [7, 11) is 0. The molecule has 0 spiro atoms. The van der Waals surface area contributed by atoms with E-state index in [1.165, 1.54) is 0 Å². The second kappa shape index (κ2) is 8.23. The van der Waals surface area contributed by atoms with Crippen molar-refractivity contribution in [3.05, 3.63) is 121 Å². The predicted octanol–water partition coefficient (Wildman–Crippen LogP) is 7.86. The zero-order chi connectivity index (χ0) is 22.9. The van der Waals surface area contributed by atoms with Gasteiger partial charge in [-0.25, -0.2) is 0 Å². The third kappa shape index (κ3) is 3.28. The van der Waals surface area contributed by atoms with Crippen LogP contribution in [-0.2, 0) is 0 Å². The lowest BCUT2D eigenvalue weighted by atomic mass is 9.96. The predicted molar refractivity (Wildman–Crippen MR) is 135 cm³/mol. The van der Waals surface area contributed by atoms with Gasteiger partial charge in [0, 0.05) is 23.5 Å². The second-order valence-electron chi connectivity index (χ2n) is 8.00. The van der Waals surface area contributed by atoms with Crippen molar-refractivity contribution in [3.8, 4) is 39.8 Å². The van der Waals surface area contributed by atoms with Crippen LogP contribution >= 0.6 is 0 Å². The van der Waals surface area contributed by atoms with Crippen molar-refractivity contribution in [1.82, 2.24) is 4.98 Å². The number of hydrogen-bond donors (Lipinski definition) is 0. The summed E-state index contributed by atoms with van der Waals surface area (Å²) in [6.07, 6.45) is 3.33. The number of benzene rings is 4. The maximum Gasteiger partial charge on any atom is 0.151 e. The van der Waals surface area contributed by atoms with Crippen LogP contribution in [0.15, 0.2) is 116 Å². The van der Waals surface area contributed by atoms with Crippen LogP contribution in [0.2, 0.25) is 0 Å². The monoisotopic (exact) mass is 437 g/mol. The Bertz CT molecular complexity index is 1520. The lowest BCUT2D eigenvalue weighted by Gasteiger charge is -2.34. The molecule has 0 atom stereocenters. The number of pyridine rings is 1. The van der Waals surface area contributed by atoms with Gasteiger partial charge >= 0.3 is 0 Å². The van der Waals surface area contributed by atoms with E-state index < -0.39 is 0 Å². The quantitative estimate of drug-likeness (QED) is 0.283. The molecule has 0 bridgehead atoms. The van der Waals surface area contributed by atoms with Gasteiger partial charge in [-0.1, -0.05) is 60.7 Å². The molecule has 0 fully saturated rings. The van der Waals surface area contributed by atoms with Crippen LogP contribution in [0.5, 0.6) is 11.5 Å². The summed E-state index contributed by atoms with van der Waals surface area (Å²) in [4.78, 5) is 6.35. The van der Waals surface area contributed by atoms with Crippen LogP contribution in [0.1, 0.15) is 5.56 Å². The Hall–Kier alpha value is -4.88. The summed E-state index contributed by atoms with van der Waals surface area (Å²) in [5, 5.41) is 9.56.